The van der Waals surface area contributed by atoms with Crippen molar-refractivity contribution in [3.05, 3.63) is 0 Å². The number of carbonyl (C=O) groups excluding carboxylic acids is 1. The Balaban J connectivity index is 1.72. The number of hydrogen-bond acceptors (Lipinski definition) is 3. The minimum atomic E-state index is -0.840. The van der Waals surface area contributed by atoms with Gasteiger partial charge in [-0.05, 0) is 31.6 Å². The molecule has 0 aromatic heterocycles. The molecule has 2 fully saturated rings. The summed E-state index contributed by atoms with van der Waals surface area (Å²) in [6, 6.07) is 0. The monoisotopic (exact) mass is 297 g/mol. The van der Waals surface area contributed by atoms with Crippen molar-refractivity contribution in [1.29, 1.82) is 0 Å². The Morgan fingerprint density at radius 2 is 1.86 bits per heavy atom. The SMILES string of the molecule is CCC1C[C@H](C(=O)NCCOC2CCCC2)[C@H](C(=O)O)C1. The van der Waals surface area contributed by atoms with E-state index in [0.29, 0.717) is 38.0 Å². The summed E-state index contributed by atoms with van der Waals surface area (Å²) in [7, 11) is 0. The van der Waals surface area contributed by atoms with Gasteiger partial charge in [0.25, 0.3) is 0 Å². The van der Waals surface area contributed by atoms with Gasteiger partial charge in [0.15, 0.2) is 0 Å². The molecular formula is C16H27NO4. The van der Waals surface area contributed by atoms with E-state index in [2.05, 4.69) is 12.2 Å². The highest BCUT2D eigenvalue weighted by atomic mass is 16.5. The first kappa shape index (κ1) is 16.3. The van der Waals surface area contributed by atoms with Crippen molar-refractivity contribution in [2.75, 3.05) is 13.2 Å². The van der Waals surface area contributed by atoms with E-state index in [-0.39, 0.29) is 11.8 Å². The fraction of sp³-hybridized carbons (Fsp3) is 0.875. The number of carboxylic acid groups (broad SMARTS) is 1. The molecule has 1 amide bonds. The fourth-order valence-electron chi connectivity index (χ4n) is 3.62. The maximum atomic E-state index is 12.2. The van der Waals surface area contributed by atoms with Gasteiger partial charge in [-0.15, -0.1) is 0 Å². The van der Waals surface area contributed by atoms with Crippen LogP contribution in [0, 0.1) is 17.8 Å². The molecule has 1 unspecified atom stereocenters. The fourth-order valence-corrected chi connectivity index (χ4v) is 3.62. The average molecular weight is 297 g/mol. The molecule has 0 bridgehead atoms. The third-order valence-electron chi connectivity index (χ3n) is 4.95. The molecule has 2 aliphatic rings. The van der Waals surface area contributed by atoms with E-state index in [1.54, 1.807) is 0 Å². The lowest BCUT2D eigenvalue weighted by atomic mass is 9.95. The zero-order chi connectivity index (χ0) is 15.2. The predicted octanol–water partition coefficient (Wildman–Crippen LogP) is 2.20. The molecule has 21 heavy (non-hydrogen) atoms. The molecule has 3 atom stereocenters. The van der Waals surface area contributed by atoms with Gasteiger partial charge in [-0.1, -0.05) is 26.2 Å². The number of carboxylic acids is 1. The van der Waals surface area contributed by atoms with Gasteiger partial charge < -0.3 is 15.2 Å². The van der Waals surface area contributed by atoms with Crippen LogP contribution >= 0.6 is 0 Å². The molecule has 0 heterocycles. The summed E-state index contributed by atoms with van der Waals surface area (Å²) in [5, 5.41) is 12.1. The van der Waals surface area contributed by atoms with Gasteiger partial charge in [0.05, 0.1) is 24.5 Å². The molecule has 5 nitrogen and oxygen atoms in total. The molecule has 0 spiro atoms. The number of nitrogens with one attached hydrogen (secondary N) is 1. The number of ether oxygens (including phenoxy) is 1. The standard InChI is InChI=1S/C16H27NO4/c1-2-11-9-13(14(10-11)16(19)20)15(18)17-7-8-21-12-5-3-4-6-12/h11-14H,2-10H2,1H3,(H,17,18)(H,19,20)/t11?,13-,14+/m0/s1. The summed E-state index contributed by atoms with van der Waals surface area (Å²) in [5.74, 6) is -1.50. The van der Waals surface area contributed by atoms with Crippen molar-refractivity contribution >= 4 is 11.9 Å². The number of hydrogen-bond donors (Lipinski definition) is 2. The van der Waals surface area contributed by atoms with E-state index < -0.39 is 11.9 Å². The summed E-state index contributed by atoms with van der Waals surface area (Å²) >= 11 is 0. The summed E-state index contributed by atoms with van der Waals surface area (Å²) < 4.78 is 5.70. The maximum Gasteiger partial charge on any atom is 0.307 e. The van der Waals surface area contributed by atoms with Crippen LogP contribution in [0.2, 0.25) is 0 Å². The minimum Gasteiger partial charge on any atom is -0.481 e. The van der Waals surface area contributed by atoms with Crippen LogP contribution in [0.3, 0.4) is 0 Å². The van der Waals surface area contributed by atoms with Crippen molar-refractivity contribution in [1.82, 2.24) is 5.32 Å². The largest absolute Gasteiger partial charge is 0.481 e. The van der Waals surface area contributed by atoms with Crippen molar-refractivity contribution in [2.45, 2.75) is 58.0 Å². The second-order valence-corrected chi connectivity index (χ2v) is 6.37. The average Bonchev–Trinajstić information content (AvgIpc) is 3.12. The zero-order valence-electron chi connectivity index (χ0n) is 12.8. The Morgan fingerprint density at radius 1 is 1.19 bits per heavy atom. The summed E-state index contributed by atoms with van der Waals surface area (Å²) in [4.78, 5) is 23.5. The molecule has 0 aromatic rings. The highest BCUT2D eigenvalue weighted by molar-refractivity contribution is 5.85. The second kappa shape index (κ2) is 7.78. The zero-order valence-corrected chi connectivity index (χ0v) is 12.8. The van der Waals surface area contributed by atoms with Gasteiger partial charge in [-0.25, -0.2) is 0 Å². The van der Waals surface area contributed by atoms with Gasteiger partial charge >= 0.3 is 5.97 Å². The lowest BCUT2D eigenvalue weighted by Gasteiger charge is -2.16. The molecular weight excluding hydrogens is 270 g/mol. The molecule has 0 radical (unpaired) electrons. The number of rotatable bonds is 7. The predicted molar refractivity (Wildman–Crippen MR) is 78.8 cm³/mol. The van der Waals surface area contributed by atoms with Crippen LogP contribution in [0.4, 0.5) is 0 Å². The van der Waals surface area contributed by atoms with Gasteiger partial charge in [0.2, 0.25) is 5.91 Å². The van der Waals surface area contributed by atoms with E-state index >= 15 is 0 Å². The molecule has 2 aliphatic carbocycles. The van der Waals surface area contributed by atoms with Crippen LogP contribution in [-0.2, 0) is 14.3 Å². The van der Waals surface area contributed by atoms with Gasteiger partial charge in [0, 0.05) is 6.54 Å². The number of carbonyl (C=O) groups is 2. The smallest absolute Gasteiger partial charge is 0.307 e. The first-order valence-corrected chi connectivity index (χ1v) is 8.24. The molecule has 0 aromatic carbocycles. The normalized spacial score (nSPS) is 29.7. The van der Waals surface area contributed by atoms with Gasteiger partial charge in [-0.2, -0.15) is 0 Å². The van der Waals surface area contributed by atoms with Crippen LogP contribution in [0.1, 0.15) is 51.9 Å². The highest BCUT2D eigenvalue weighted by Gasteiger charge is 2.41. The second-order valence-electron chi connectivity index (χ2n) is 6.37. The maximum absolute atomic E-state index is 12.2. The molecule has 5 heteroatoms. The van der Waals surface area contributed by atoms with Gasteiger partial charge in [-0.3, -0.25) is 9.59 Å². The Kier molecular flexibility index (Phi) is 6.03. The third kappa shape index (κ3) is 4.43. The first-order chi connectivity index (χ1) is 10.1. The Bertz CT molecular complexity index is 365. The molecule has 0 saturated heterocycles. The van der Waals surface area contributed by atoms with E-state index in [4.69, 9.17) is 4.74 Å². The van der Waals surface area contributed by atoms with Gasteiger partial charge in [0.1, 0.15) is 0 Å². The lowest BCUT2D eigenvalue weighted by molar-refractivity contribution is -0.146. The van der Waals surface area contributed by atoms with E-state index in [9.17, 15) is 14.7 Å². The van der Waals surface area contributed by atoms with Crippen molar-refractivity contribution in [3.8, 4) is 0 Å². The van der Waals surface area contributed by atoms with Crippen LogP contribution in [0.15, 0.2) is 0 Å². The van der Waals surface area contributed by atoms with Crippen LogP contribution in [0.5, 0.6) is 0 Å². The Hall–Kier alpha value is -1.10. The van der Waals surface area contributed by atoms with Crippen molar-refractivity contribution < 1.29 is 19.4 Å². The Labute approximate surface area is 126 Å². The first-order valence-electron chi connectivity index (χ1n) is 8.24. The topological polar surface area (TPSA) is 75.6 Å². The Morgan fingerprint density at radius 3 is 2.48 bits per heavy atom. The summed E-state index contributed by atoms with van der Waals surface area (Å²) in [6.45, 7) is 3.06. The molecule has 2 saturated carbocycles. The third-order valence-corrected chi connectivity index (χ3v) is 4.95. The van der Waals surface area contributed by atoms with E-state index in [0.717, 1.165) is 19.3 Å². The number of aliphatic carboxylic acids is 1. The van der Waals surface area contributed by atoms with Crippen molar-refractivity contribution in [3.63, 3.8) is 0 Å². The molecule has 120 valence electrons. The molecule has 2 N–H and O–H groups in total. The summed E-state index contributed by atoms with van der Waals surface area (Å²) in [5.41, 5.74) is 0. The molecule has 2 rings (SSSR count). The van der Waals surface area contributed by atoms with Crippen LogP contribution in [0.25, 0.3) is 0 Å². The highest BCUT2D eigenvalue weighted by Crippen LogP contribution is 2.38. The minimum absolute atomic E-state index is 0.117. The lowest BCUT2D eigenvalue weighted by Crippen LogP contribution is -2.37. The van der Waals surface area contributed by atoms with Crippen LogP contribution in [-0.4, -0.2) is 36.2 Å². The number of amides is 1. The quantitative estimate of drug-likeness (QED) is 0.706. The van der Waals surface area contributed by atoms with Crippen LogP contribution < -0.4 is 5.32 Å². The summed E-state index contributed by atoms with van der Waals surface area (Å²) in [6.07, 6.45) is 7.33. The van der Waals surface area contributed by atoms with E-state index in [1.165, 1.54) is 12.8 Å². The van der Waals surface area contributed by atoms with Crippen molar-refractivity contribution in [2.24, 2.45) is 17.8 Å². The van der Waals surface area contributed by atoms with E-state index in [1.807, 2.05) is 0 Å². The molecule has 0 aliphatic heterocycles.